The zero-order valence-corrected chi connectivity index (χ0v) is 13.2. The molecule has 0 unspecified atom stereocenters. The van der Waals surface area contributed by atoms with Crippen molar-refractivity contribution in [2.45, 2.75) is 39.3 Å². The van der Waals surface area contributed by atoms with E-state index in [2.05, 4.69) is 10.3 Å². The molecule has 1 aromatic heterocycles. The van der Waals surface area contributed by atoms with Crippen LogP contribution in [0.5, 0.6) is 0 Å². The number of rotatable bonds is 6. The van der Waals surface area contributed by atoms with Gasteiger partial charge in [-0.25, -0.2) is 0 Å². The van der Waals surface area contributed by atoms with E-state index in [4.69, 9.17) is 5.73 Å². The van der Waals surface area contributed by atoms with E-state index in [-0.39, 0.29) is 17.6 Å². The number of benzene rings is 1. The number of nitrogens with two attached hydrogens (primary N) is 1. The van der Waals surface area contributed by atoms with E-state index >= 15 is 0 Å². The van der Waals surface area contributed by atoms with Gasteiger partial charge >= 0.3 is 0 Å². The number of aromatic nitrogens is 1. The van der Waals surface area contributed by atoms with Crippen molar-refractivity contribution in [2.75, 3.05) is 0 Å². The Hall–Kier alpha value is -2.14. The van der Waals surface area contributed by atoms with Gasteiger partial charge in [0.15, 0.2) is 5.78 Å². The number of aromatic amines is 1. The highest BCUT2D eigenvalue weighted by Crippen LogP contribution is 2.19. The molecule has 2 aromatic rings. The minimum atomic E-state index is -0.607. The number of fused-ring (bicyclic) bond motifs is 1. The monoisotopic (exact) mass is 301 g/mol. The van der Waals surface area contributed by atoms with Gasteiger partial charge in [-0.1, -0.05) is 32.0 Å². The summed E-state index contributed by atoms with van der Waals surface area (Å²) in [6, 6.07) is 6.72. The van der Waals surface area contributed by atoms with E-state index in [0.717, 1.165) is 16.5 Å². The predicted octanol–water partition coefficient (Wildman–Crippen LogP) is 1.77. The summed E-state index contributed by atoms with van der Waals surface area (Å²) in [5.74, 6) is -0.328. The van der Waals surface area contributed by atoms with Crippen LogP contribution in [0, 0.1) is 5.92 Å². The highest BCUT2D eigenvalue weighted by molar-refractivity contribution is 5.91. The third-order valence-corrected chi connectivity index (χ3v) is 3.93. The number of carbonyl (C=O) groups is 2. The first-order valence-electron chi connectivity index (χ1n) is 7.51. The van der Waals surface area contributed by atoms with Gasteiger partial charge in [-0.15, -0.1) is 0 Å². The molecule has 0 fully saturated rings. The molecular formula is C17H23N3O2. The summed E-state index contributed by atoms with van der Waals surface area (Å²) in [5.41, 5.74) is 7.87. The highest BCUT2D eigenvalue weighted by atomic mass is 16.2. The number of hydrogen-bond acceptors (Lipinski definition) is 3. The molecule has 0 bridgehead atoms. The van der Waals surface area contributed by atoms with Crippen molar-refractivity contribution in [3.63, 3.8) is 0 Å². The molecule has 1 heterocycles. The summed E-state index contributed by atoms with van der Waals surface area (Å²) in [6.45, 7) is 5.25. The molecule has 1 aromatic carbocycles. The van der Waals surface area contributed by atoms with Gasteiger partial charge in [-0.3, -0.25) is 9.59 Å². The van der Waals surface area contributed by atoms with Crippen LogP contribution in [0.15, 0.2) is 30.5 Å². The molecule has 4 N–H and O–H groups in total. The van der Waals surface area contributed by atoms with Crippen LogP contribution in [-0.4, -0.2) is 28.8 Å². The molecule has 0 radical (unpaired) electrons. The van der Waals surface area contributed by atoms with Crippen molar-refractivity contribution in [1.29, 1.82) is 0 Å². The van der Waals surface area contributed by atoms with Crippen LogP contribution in [0.2, 0.25) is 0 Å². The Labute approximate surface area is 130 Å². The quantitative estimate of drug-likeness (QED) is 0.759. The second kappa shape index (κ2) is 6.75. The van der Waals surface area contributed by atoms with Gasteiger partial charge in [0.05, 0.1) is 12.1 Å². The fraction of sp³-hybridized carbons (Fsp3) is 0.412. The molecule has 5 heteroatoms. The first-order valence-corrected chi connectivity index (χ1v) is 7.51. The van der Waals surface area contributed by atoms with Crippen LogP contribution >= 0.6 is 0 Å². The molecule has 2 atom stereocenters. The van der Waals surface area contributed by atoms with E-state index in [0.29, 0.717) is 6.42 Å². The van der Waals surface area contributed by atoms with Crippen LogP contribution in [0.1, 0.15) is 26.3 Å². The van der Waals surface area contributed by atoms with Gasteiger partial charge < -0.3 is 16.0 Å². The minimum Gasteiger partial charge on any atom is -0.361 e. The van der Waals surface area contributed by atoms with Crippen LogP contribution in [-0.2, 0) is 16.0 Å². The number of Topliss-reactive ketones (excluding diaryl/α,β-unsaturated/α-hetero) is 1. The van der Waals surface area contributed by atoms with Crippen LogP contribution in [0.4, 0.5) is 0 Å². The zero-order valence-electron chi connectivity index (χ0n) is 13.2. The lowest BCUT2D eigenvalue weighted by atomic mass is 10.00. The third kappa shape index (κ3) is 3.54. The number of nitrogens with one attached hydrogen (secondary N) is 2. The van der Waals surface area contributed by atoms with Crippen LogP contribution < -0.4 is 11.1 Å². The molecule has 22 heavy (non-hydrogen) atoms. The number of para-hydroxylation sites is 1. The summed E-state index contributed by atoms with van der Waals surface area (Å²) in [5, 5.41) is 3.84. The van der Waals surface area contributed by atoms with Crippen molar-refractivity contribution < 1.29 is 9.59 Å². The largest absolute Gasteiger partial charge is 0.361 e. The van der Waals surface area contributed by atoms with Crippen molar-refractivity contribution in [2.24, 2.45) is 11.7 Å². The fourth-order valence-electron chi connectivity index (χ4n) is 2.39. The van der Waals surface area contributed by atoms with Crippen molar-refractivity contribution >= 4 is 22.6 Å². The number of hydrogen-bond donors (Lipinski definition) is 3. The maximum Gasteiger partial charge on any atom is 0.237 e. The van der Waals surface area contributed by atoms with Gasteiger partial charge in [0.25, 0.3) is 0 Å². The number of ketones is 1. The molecule has 0 aliphatic rings. The Morgan fingerprint density at radius 1 is 1.27 bits per heavy atom. The van der Waals surface area contributed by atoms with Gasteiger partial charge in [0.2, 0.25) is 5.91 Å². The summed E-state index contributed by atoms with van der Waals surface area (Å²) in [7, 11) is 0. The Morgan fingerprint density at radius 2 is 1.95 bits per heavy atom. The number of amides is 1. The van der Waals surface area contributed by atoms with Crippen molar-refractivity contribution in [3.8, 4) is 0 Å². The zero-order chi connectivity index (χ0) is 16.3. The van der Waals surface area contributed by atoms with E-state index in [1.54, 1.807) is 0 Å². The maximum atomic E-state index is 12.1. The molecule has 0 saturated carbocycles. The summed E-state index contributed by atoms with van der Waals surface area (Å²) >= 11 is 0. The SMILES string of the molecule is CC(=O)[C@H](Cc1c[nH]c2ccccc12)NC(=O)[C@@H](N)C(C)C. The molecule has 0 spiro atoms. The second-order valence-corrected chi connectivity index (χ2v) is 6.01. The first kappa shape index (κ1) is 16.2. The Kier molecular flexibility index (Phi) is 4.98. The maximum absolute atomic E-state index is 12.1. The van der Waals surface area contributed by atoms with Gasteiger partial charge in [0.1, 0.15) is 0 Å². The summed E-state index contributed by atoms with van der Waals surface area (Å²) in [6.07, 6.45) is 2.34. The number of carbonyl (C=O) groups excluding carboxylic acids is 2. The summed E-state index contributed by atoms with van der Waals surface area (Å²) in [4.78, 5) is 27.1. The lowest BCUT2D eigenvalue weighted by Gasteiger charge is -2.20. The highest BCUT2D eigenvalue weighted by Gasteiger charge is 2.24. The topological polar surface area (TPSA) is 88.0 Å². The van der Waals surface area contributed by atoms with E-state index in [1.165, 1.54) is 6.92 Å². The Morgan fingerprint density at radius 3 is 2.59 bits per heavy atom. The average molecular weight is 301 g/mol. The van der Waals surface area contributed by atoms with Gasteiger partial charge in [0, 0.05) is 23.5 Å². The predicted molar refractivity (Wildman–Crippen MR) is 87.4 cm³/mol. The van der Waals surface area contributed by atoms with Gasteiger partial charge in [-0.2, -0.15) is 0 Å². The first-order chi connectivity index (χ1) is 10.4. The Bertz CT molecular complexity index is 675. The normalized spacial score (nSPS) is 14.0. The molecule has 5 nitrogen and oxygen atoms in total. The van der Waals surface area contributed by atoms with Crippen LogP contribution in [0.25, 0.3) is 10.9 Å². The van der Waals surface area contributed by atoms with Crippen LogP contribution in [0.3, 0.4) is 0 Å². The second-order valence-electron chi connectivity index (χ2n) is 6.01. The fourth-order valence-corrected chi connectivity index (χ4v) is 2.39. The molecule has 1 amide bonds. The lowest BCUT2D eigenvalue weighted by Crippen LogP contribution is -2.50. The molecule has 0 aliphatic heterocycles. The van der Waals surface area contributed by atoms with Gasteiger partial charge in [-0.05, 0) is 24.5 Å². The molecule has 118 valence electrons. The molecule has 0 saturated heterocycles. The van der Waals surface area contributed by atoms with Crippen molar-refractivity contribution in [3.05, 3.63) is 36.0 Å². The van der Waals surface area contributed by atoms with E-state index < -0.39 is 12.1 Å². The molecule has 2 rings (SSSR count). The third-order valence-electron chi connectivity index (χ3n) is 3.93. The number of H-pyrrole nitrogens is 1. The van der Waals surface area contributed by atoms with E-state index in [1.807, 2.05) is 44.3 Å². The minimum absolute atomic E-state index is 0.0284. The summed E-state index contributed by atoms with van der Waals surface area (Å²) < 4.78 is 0. The van der Waals surface area contributed by atoms with Crippen molar-refractivity contribution in [1.82, 2.24) is 10.3 Å². The average Bonchev–Trinajstić information content (AvgIpc) is 2.88. The molecule has 0 aliphatic carbocycles. The lowest BCUT2D eigenvalue weighted by molar-refractivity contribution is -0.128. The smallest absolute Gasteiger partial charge is 0.237 e. The standard InChI is InChI=1S/C17H23N3O2/c1-10(2)16(18)17(22)20-15(11(3)21)8-12-9-19-14-7-5-4-6-13(12)14/h4-7,9-10,15-16,19H,8,18H2,1-3H3,(H,20,22)/t15-,16-/m0/s1. The van der Waals surface area contributed by atoms with E-state index in [9.17, 15) is 9.59 Å². The molecular weight excluding hydrogens is 278 g/mol. The Balaban J connectivity index is 2.16.